The van der Waals surface area contributed by atoms with Crippen molar-refractivity contribution in [2.24, 2.45) is 5.18 Å². The van der Waals surface area contributed by atoms with Crippen LogP contribution < -0.4 is 0 Å². The van der Waals surface area contributed by atoms with Crippen LogP contribution in [-0.2, 0) is 0 Å². The van der Waals surface area contributed by atoms with Crippen molar-refractivity contribution < 1.29 is 5.11 Å². The lowest BCUT2D eigenvalue weighted by Gasteiger charge is -1.93. The summed E-state index contributed by atoms with van der Waals surface area (Å²) in [5, 5.41) is 11.5. The number of phenols is 1. The minimum absolute atomic E-state index is 0.0503. The third-order valence-corrected chi connectivity index (χ3v) is 1.53. The fraction of sp³-hybridized carbons (Fsp3) is 0. The number of hydrogen-bond donors (Lipinski definition) is 1. The smallest absolute Gasteiger partial charge is 0.150 e. The summed E-state index contributed by atoms with van der Waals surface area (Å²) in [7, 11) is 0. The number of benzene rings is 1. The number of hydrogen-bond acceptors (Lipinski definition) is 3. The third-order valence-electron chi connectivity index (χ3n) is 1.04. The summed E-state index contributed by atoms with van der Waals surface area (Å²) in [5.74, 6) is -0.0989. The lowest BCUT2D eigenvalue weighted by atomic mass is 10.3. The highest BCUT2D eigenvalue weighted by molar-refractivity contribution is 9.10. The van der Waals surface area contributed by atoms with Gasteiger partial charge in [0.25, 0.3) is 0 Å². The fourth-order valence-corrected chi connectivity index (χ4v) is 0.919. The highest BCUT2D eigenvalue weighted by Crippen LogP contribution is 2.28. The Balaban J connectivity index is 3.21. The summed E-state index contributed by atoms with van der Waals surface area (Å²) < 4.78 is 0.722. The minimum Gasteiger partial charge on any atom is -0.506 e. The molecule has 0 spiro atoms. The molecule has 1 aromatic rings. The molecule has 0 saturated carbocycles. The zero-order valence-electron chi connectivity index (χ0n) is 4.91. The Hall–Kier alpha value is -0.900. The second-order valence-corrected chi connectivity index (χ2v) is 2.64. The lowest BCUT2D eigenvalue weighted by molar-refractivity contribution is 0.476. The first-order valence-electron chi connectivity index (χ1n) is 2.56. The van der Waals surface area contributed by atoms with Gasteiger partial charge in [0.05, 0.1) is 0 Å². The molecule has 0 aliphatic carbocycles. The van der Waals surface area contributed by atoms with Gasteiger partial charge >= 0.3 is 0 Å². The molecule has 0 aliphatic heterocycles. The maximum Gasteiger partial charge on any atom is 0.150 e. The van der Waals surface area contributed by atoms with Gasteiger partial charge in [-0.2, -0.15) is 0 Å². The third kappa shape index (κ3) is 1.33. The molecule has 0 aromatic heterocycles. The van der Waals surface area contributed by atoms with Crippen LogP contribution in [0, 0.1) is 4.91 Å². The van der Waals surface area contributed by atoms with Gasteiger partial charge in [0.2, 0.25) is 0 Å². The maximum absolute atomic E-state index is 9.95. The van der Waals surface area contributed by atoms with Gasteiger partial charge in [-0.25, -0.2) is 0 Å². The average molecular weight is 202 g/mol. The molecule has 1 rings (SSSR count). The maximum atomic E-state index is 9.95. The van der Waals surface area contributed by atoms with E-state index in [9.17, 15) is 4.91 Å². The van der Waals surface area contributed by atoms with Crippen molar-refractivity contribution in [3.63, 3.8) is 0 Å². The van der Waals surface area contributed by atoms with Crippen molar-refractivity contribution in [3.05, 3.63) is 27.6 Å². The molecule has 0 fully saturated rings. The van der Waals surface area contributed by atoms with Gasteiger partial charge in [0.1, 0.15) is 5.75 Å². The van der Waals surface area contributed by atoms with Crippen LogP contribution in [0.4, 0.5) is 5.69 Å². The lowest BCUT2D eigenvalue weighted by Crippen LogP contribution is -1.66. The molecule has 0 atom stereocenters. The summed E-state index contributed by atoms with van der Waals surface area (Å²) >= 11 is 3.13. The molecule has 4 heteroatoms. The topological polar surface area (TPSA) is 49.7 Å². The Bertz CT molecular complexity index is 262. The molecule has 0 saturated heterocycles. The monoisotopic (exact) mass is 201 g/mol. The summed E-state index contributed by atoms with van der Waals surface area (Å²) in [6.45, 7) is 0. The van der Waals surface area contributed by atoms with Crippen LogP contribution in [0.5, 0.6) is 5.75 Å². The van der Waals surface area contributed by atoms with E-state index in [4.69, 9.17) is 5.11 Å². The van der Waals surface area contributed by atoms with Crippen molar-refractivity contribution >= 4 is 21.6 Å². The number of nitrogens with zero attached hydrogens (tertiary/aromatic N) is 1. The van der Waals surface area contributed by atoms with Gasteiger partial charge in [0.15, 0.2) is 5.69 Å². The van der Waals surface area contributed by atoms with E-state index in [0.717, 1.165) is 4.47 Å². The normalized spacial score (nSPS) is 9.30. The molecule has 0 amide bonds. The fourth-order valence-electron chi connectivity index (χ4n) is 0.570. The first kappa shape index (κ1) is 7.21. The predicted molar refractivity (Wildman–Crippen MR) is 41.3 cm³/mol. The van der Waals surface area contributed by atoms with Crippen molar-refractivity contribution in [2.75, 3.05) is 0 Å². The van der Waals surface area contributed by atoms with Gasteiger partial charge in [-0.05, 0) is 23.4 Å². The Kier molecular flexibility index (Phi) is 2.01. The quantitative estimate of drug-likeness (QED) is 0.711. The summed E-state index contributed by atoms with van der Waals surface area (Å²) in [6.07, 6.45) is 0. The van der Waals surface area contributed by atoms with Crippen LogP contribution in [0.2, 0.25) is 0 Å². The van der Waals surface area contributed by atoms with E-state index in [2.05, 4.69) is 21.1 Å². The van der Waals surface area contributed by atoms with Gasteiger partial charge in [-0.1, -0.05) is 15.9 Å². The largest absolute Gasteiger partial charge is 0.506 e. The summed E-state index contributed by atoms with van der Waals surface area (Å²) in [6, 6.07) is 4.48. The van der Waals surface area contributed by atoms with Crippen LogP contribution in [0.1, 0.15) is 0 Å². The van der Waals surface area contributed by atoms with E-state index in [0.29, 0.717) is 0 Å². The van der Waals surface area contributed by atoms with E-state index in [1.165, 1.54) is 12.1 Å². The zero-order valence-corrected chi connectivity index (χ0v) is 6.50. The number of halogens is 1. The molecule has 52 valence electrons. The molecule has 1 aromatic carbocycles. The van der Waals surface area contributed by atoms with Crippen LogP contribution in [0.15, 0.2) is 27.8 Å². The molecule has 0 radical (unpaired) electrons. The van der Waals surface area contributed by atoms with Gasteiger partial charge < -0.3 is 5.11 Å². The highest BCUT2D eigenvalue weighted by atomic mass is 79.9. The molecule has 1 N–H and O–H groups in total. The van der Waals surface area contributed by atoms with E-state index in [1.807, 2.05) is 0 Å². The molecule has 0 heterocycles. The SMILES string of the molecule is O=Nc1cc(Br)ccc1O. The molecule has 0 aliphatic rings. The molecule has 0 unspecified atom stereocenters. The van der Waals surface area contributed by atoms with E-state index < -0.39 is 0 Å². The average Bonchev–Trinajstić information content (AvgIpc) is 1.94. The van der Waals surface area contributed by atoms with E-state index in [1.54, 1.807) is 6.07 Å². The van der Waals surface area contributed by atoms with Crippen molar-refractivity contribution in [3.8, 4) is 5.75 Å². The van der Waals surface area contributed by atoms with Gasteiger partial charge in [-0.3, -0.25) is 0 Å². The second-order valence-electron chi connectivity index (χ2n) is 1.72. The van der Waals surface area contributed by atoms with Crippen LogP contribution >= 0.6 is 15.9 Å². The van der Waals surface area contributed by atoms with Gasteiger partial charge in [0, 0.05) is 4.47 Å². The highest BCUT2D eigenvalue weighted by Gasteiger charge is 1.99. The predicted octanol–water partition coefficient (Wildman–Crippen LogP) is 2.55. The van der Waals surface area contributed by atoms with E-state index >= 15 is 0 Å². The van der Waals surface area contributed by atoms with Crippen LogP contribution in [0.25, 0.3) is 0 Å². The number of rotatable bonds is 1. The Morgan fingerprint density at radius 3 is 2.70 bits per heavy atom. The van der Waals surface area contributed by atoms with Crippen LogP contribution in [-0.4, -0.2) is 5.11 Å². The Morgan fingerprint density at radius 2 is 2.20 bits per heavy atom. The molecular weight excluding hydrogens is 198 g/mol. The molecule has 0 bridgehead atoms. The Labute approximate surface area is 65.8 Å². The first-order valence-corrected chi connectivity index (χ1v) is 3.35. The van der Waals surface area contributed by atoms with Crippen LogP contribution in [0.3, 0.4) is 0 Å². The standard InChI is InChI=1S/C6H4BrNO2/c7-4-1-2-6(9)5(3-4)8-10/h1-3,9H. The minimum atomic E-state index is -0.0989. The van der Waals surface area contributed by atoms with Crippen molar-refractivity contribution in [2.45, 2.75) is 0 Å². The number of aromatic hydroxyl groups is 1. The summed E-state index contributed by atoms with van der Waals surface area (Å²) in [5.41, 5.74) is 0.0503. The molecule has 10 heavy (non-hydrogen) atoms. The van der Waals surface area contributed by atoms with Crippen molar-refractivity contribution in [1.82, 2.24) is 0 Å². The van der Waals surface area contributed by atoms with Crippen molar-refractivity contribution in [1.29, 1.82) is 0 Å². The molecule has 3 nitrogen and oxygen atoms in total. The van der Waals surface area contributed by atoms with E-state index in [-0.39, 0.29) is 11.4 Å². The Morgan fingerprint density at radius 1 is 1.50 bits per heavy atom. The number of phenolic OH excluding ortho intramolecular Hbond substituents is 1. The zero-order chi connectivity index (χ0) is 7.56. The first-order chi connectivity index (χ1) is 4.74. The van der Waals surface area contributed by atoms with Gasteiger partial charge in [-0.15, -0.1) is 4.91 Å². The number of nitroso groups, excluding NO2 is 1. The molecular formula is C6H4BrNO2. The second kappa shape index (κ2) is 2.79. The summed E-state index contributed by atoms with van der Waals surface area (Å²) in [4.78, 5) is 9.95.